The minimum Gasteiger partial charge on any atom is -0.381 e. The molecule has 2 aliphatic rings. The van der Waals surface area contributed by atoms with Crippen molar-refractivity contribution in [3.05, 3.63) is 0 Å². The molecule has 2 fully saturated rings. The first-order chi connectivity index (χ1) is 7.87. The molecule has 0 amide bonds. The summed E-state index contributed by atoms with van der Waals surface area (Å²) in [5.74, 6) is 1.09. The fraction of sp³-hybridized carbons (Fsp3) is 0.933. The molecule has 0 unspecified atom stereocenters. The molecule has 0 heterocycles. The Bertz CT molecular complexity index is 303. The van der Waals surface area contributed by atoms with Gasteiger partial charge in [-0.15, -0.1) is 0 Å². The van der Waals surface area contributed by atoms with Crippen molar-refractivity contribution < 1.29 is 9.53 Å². The Balaban J connectivity index is 2.04. The van der Waals surface area contributed by atoms with Gasteiger partial charge in [0, 0.05) is 18.9 Å². The van der Waals surface area contributed by atoms with E-state index in [2.05, 4.69) is 20.8 Å². The summed E-state index contributed by atoms with van der Waals surface area (Å²) in [6.07, 6.45) is 6.52. The van der Waals surface area contributed by atoms with Crippen molar-refractivity contribution >= 4 is 5.78 Å². The summed E-state index contributed by atoms with van der Waals surface area (Å²) in [5, 5.41) is 0. The summed E-state index contributed by atoms with van der Waals surface area (Å²) in [7, 11) is 1.77. The van der Waals surface area contributed by atoms with E-state index in [0.29, 0.717) is 17.8 Å². The smallest absolute Gasteiger partial charge is 0.139 e. The largest absolute Gasteiger partial charge is 0.381 e. The maximum Gasteiger partial charge on any atom is 0.139 e. The second-order valence-corrected chi connectivity index (χ2v) is 7.11. The van der Waals surface area contributed by atoms with Crippen molar-refractivity contribution in [2.24, 2.45) is 16.7 Å². The van der Waals surface area contributed by atoms with Gasteiger partial charge in [0.2, 0.25) is 0 Å². The number of Topliss-reactive ketones (excluding diaryl/α,β-unsaturated/α-hetero) is 1. The number of carbonyl (C=O) groups is 1. The van der Waals surface area contributed by atoms with E-state index in [-0.39, 0.29) is 10.8 Å². The fourth-order valence-corrected chi connectivity index (χ4v) is 3.63. The van der Waals surface area contributed by atoms with Gasteiger partial charge in [0.1, 0.15) is 5.78 Å². The summed E-state index contributed by atoms with van der Waals surface area (Å²) < 4.78 is 5.43. The third-order valence-electron chi connectivity index (χ3n) is 5.12. The average Bonchev–Trinajstić information content (AvgIpc) is 2.66. The van der Waals surface area contributed by atoms with E-state index in [4.69, 9.17) is 4.74 Å². The van der Waals surface area contributed by atoms with Crippen LogP contribution in [0, 0.1) is 16.7 Å². The summed E-state index contributed by atoms with van der Waals surface area (Å²) in [6.45, 7) is 6.78. The van der Waals surface area contributed by atoms with E-state index in [1.54, 1.807) is 7.11 Å². The van der Waals surface area contributed by atoms with Crippen LogP contribution in [-0.4, -0.2) is 19.0 Å². The lowest BCUT2D eigenvalue weighted by molar-refractivity contribution is -0.135. The molecule has 0 radical (unpaired) electrons. The molecule has 2 heteroatoms. The zero-order chi connectivity index (χ0) is 12.7. The molecule has 3 atom stereocenters. The molecule has 0 bridgehead atoms. The van der Waals surface area contributed by atoms with Crippen molar-refractivity contribution in [2.45, 2.75) is 65.4 Å². The molecular weight excluding hydrogens is 212 g/mol. The molecule has 0 aromatic heterocycles. The maximum absolute atomic E-state index is 12.5. The highest BCUT2D eigenvalue weighted by atomic mass is 16.5. The quantitative estimate of drug-likeness (QED) is 0.698. The van der Waals surface area contributed by atoms with E-state index in [1.165, 1.54) is 6.42 Å². The topological polar surface area (TPSA) is 26.3 Å². The summed E-state index contributed by atoms with van der Waals surface area (Å²) in [5.41, 5.74) is 0.263. The van der Waals surface area contributed by atoms with Crippen LogP contribution in [-0.2, 0) is 9.53 Å². The number of carbonyl (C=O) groups excluding carboxylic acids is 1. The molecule has 2 nitrogen and oxygen atoms in total. The molecule has 2 aliphatic carbocycles. The van der Waals surface area contributed by atoms with Crippen molar-refractivity contribution in [2.75, 3.05) is 7.11 Å². The van der Waals surface area contributed by atoms with Gasteiger partial charge in [-0.2, -0.15) is 0 Å². The Morgan fingerprint density at radius 2 is 1.88 bits per heavy atom. The molecule has 17 heavy (non-hydrogen) atoms. The molecule has 0 saturated heterocycles. The highest BCUT2D eigenvalue weighted by Crippen LogP contribution is 2.51. The van der Waals surface area contributed by atoms with Crippen LogP contribution in [0.1, 0.15) is 59.3 Å². The molecule has 0 aromatic rings. The van der Waals surface area contributed by atoms with Crippen LogP contribution in [0.15, 0.2) is 0 Å². The Kier molecular flexibility index (Phi) is 3.37. The minimum absolute atomic E-state index is 0.0115. The monoisotopic (exact) mass is 238 g/mol. The number of rotatable bonds is 1. The zero-order valence-corrected chi connectivity index (χ0v) is 11.7. The van der Waals surface area contributed by atoms with Crippen LogP contribution in [0.25, 0.3) is 0 Å². The van der Waals surface area contributed by atoms with E-state index < -0.39 is 0 Å². The van der Waals surface area contributed by atoms with Gasteiger partial charge in [0.05, 0.1) is 6.10 Å². The van der Waals surface area contributed by atoms with Gasteiger partial charge in [-0.1, -0.05) is 20.8 Å². The Labute approximate surface area is 105 Å². The standard InChI is InChI=1S/C15H26O2/c1-14(2,3)11-5-7-15(13(16)9-11)8-6-12(10-15)17-4/h11-12H,5-10H2,1-4H3/t11-,12-,15+/m0/s1. The highest BCUT2D eigenvalue weighted by molar-refractivity contribution is 5.86. The van der Waals surface area contributed by atoms with Gasteiger partial charge in [0.15, 0.2) is 0 Å². The first-order valence-electron chi connectivity index (χ1n) is 6.93. The lowest BCUT2D eigenvalue weighted by atomic mass is 9.63. The number of ether oxygens (including phenoxy) is 1. The first-order valence-corrected chi connectivity index (χ1v) is 6.93. The van der Waals surface area contributed by atoms with Crippen LogP contribution in [0.2, 0.25) is 0 Å². The van der Waals surface area contributed by atoms with Crippen molar-refractivity contribution in [3.8, 4) is 0 Å². The number of methoxy groups -OCH3 is 1. The third-order valence-corrected chi connectivity index (χ3v) is 5.12. The molecular formula is C15H26O2. The highest BCUT2D eigenvalue weighted by Gasteiger charge is 2.49. The molecule has 0 aliphatic heterocycles. The predicted octanol–water partition coefficient (Wildman–Crippen LogP) is 3.59. The number of hydrogen-bond donors (Lipinski definition) is 0. The van der Waals surface area contributed by atoms with E-state index in [0.717, 1.165) is 32.1 Å². The Hall–Kier alpha value is -0.370. The molecule has 2 rings (SSSR count). The van der Waals surface area contributed by atoms with Gasteiger partial charge in [-0.25, -0.2) is 0 Å². The first kappa shape index (κ1) is 13.1. The Morgan fingerprint density at radius 1 is 1.24 bits per heavy atom. The fourth-order valence-electron chi connectivity index (χ4n) is 3.63. The van der Waals surface area contributed by atoms with Gasteiger partial charge in [0.25, 0.3) is 0 Å². The minimum atomic E-state index is -0.0115. The van der Waals surface area contributed by atoms with E-state index in [9.17, 15) is 4.79 Å². The van der Waals surface area contributed by atoms with Gasteiger partial charge >= 0.3 is 0 Å². The molecule has 0 aromatic carbocycles. The SMILES string of the molecule is CO[C@H]1CC[C@]2(CC[C@H](C(C)(C)C)CC2=O)C1. The molecule has 98 valence electrons. The normalized spacial score (nSPS) is 38.9. The molecule has 0 N–H and O–H groups in total. The van der Waals surface area contributed by atoms with Gasteiger partial charge in [-0.05, 0) is 43.4 Å². The van der Waals surface area contributed by atoms with Crippen molar-refractivity contribution in [1.82, 2.24) is 0 Å². The van der Waals surface area contributed by atoms with Gasteiger partial charge in [-0.3, -0.25) is 4.79 Å². The second kappa shape index (κ2) is 4.38. The van der Waals surface area contributed by atoms with Crippen LogP contribution in [0.3, 0.4) is 0 Å². The summed E-state index contributed by atoms with van der Waals surface area (Å²) in [6, 6.07) is 0. The lowest BCUT2D eigenvalue weighted by Crippen LogP contribution is -2.39. The number of ketones is 1. The third kappa shape index (κ3) is 2.42. The van der Waals surface area contributed by atoms with Crippen molar-refractivity contribution in [1.29, 1.82) is 0 Å². The van der Waals surface area contributed by atoms with Crippen LogP contribution in [0.4, 0.5) is 0 Å². The van der Waals surface area contributed by atoms with E-state index >= 15 is 0 Å². The van der Waals surface area contributed by atoms with Crippen LogP contribution in [0.5, 0.6) is 0 Å². The Morgan fingerprint density at radius 3 is 2.35 bits per heavy atom. The maximum atomic E-state index is 12.5. The van der Waals surface area contributed by atoms with Crippen LogP contribution < -0.4 is 0 Å². The van der Waals surface area contributed by atoms with E-state index in [1.807, 2.05) is 0 Å². The summed E-state index contributed by atoms with van der Waals surface area (Å²) in [4.78, 5) is 12.5. The number of hydrogen-bond acceptors (Lipinski definition) is 2. The zero-order valence-electron chi connectivity index (χ0n) is 11.7. The summed E-state index contributed by atoms with van der Waals surface area (Å²) >= 11 is 0. The molecule has 1 spiro atoms. The van der Waals surface area contributed by atoms with Crippen molar-refractivity contribution in [3.63, 3.8) is 0 Å². The van der Waals surface area contributed by atoms with Crippen LogP contribution >= 0.6 is 0 Å². The lowest BCUT2D eigenvalue weighted by Gasteiger charge is -2.41. The molecule has 2 saturated carbocycles. The predicted molar refractivity (Wildman–Crippen MR) is 68.9 cm³/mol. The average molecular weight is 238 g/mol. The second-order valence-electron chi connectivity index (χ2n) is 7.11. The van der Waals surface area contributed by atoms with Gasteiger partial charge < -0.3 is 4.74 Å².